The van der Waals surface area contributed by atoms with Gasteiger partial charge in [0.1, 0.15) is 5.75 Å². The van der Waals surface area contributed by atoms with Crippen molar-refractivity contribution in [3.63, 3.8) is 0 Å². The zero-order chi connectivity index (χ0) is 8.55. The first-order valence-corrected chi connectivity index (χ1v) is 5.00. The molecule has 0 bridgehead atoms. The quantitative estimate of drug-likeness (QED) is 0.769. The fourth-order valence-corrected chi connectivity index (χ4v) is 2.58. The van der Waals surface area contributed by atoms with Crippen LogP contribution < -0.4 is 4.74 Å². The summed E-state index contributed by atoms with van der Waals surface area (Å²) < 4.78 is 7.36. The Morgan fingerprint density at radius 2 is 2.42 bits per heavy atom. The number of aromatic nitrogens is 1. The molecule has 4 heteroatoms. The minimum absolute atomic E-state index is 0.885. The van der Waals surface area contributed by atoms with E-state index in [9.17, 15) is 0 Å². The minimum Gasteiger partial charge on any atom is -0.495 e. The number of thiophene rings is 1. The maximum atomic E-state index is 5.19. The lowest BCUT2D eigenvalue weighted by Crippen LogP contribution is -1.82. The number of hydrogen-bond acceptors (Lipinski definition) is 3. The maximum absolute atomic E-state index is 5.19. The molecule has 0 spiro atoms. The van der Waals surface area contributed by atoms with Crippen LogP contribution in [0, 0.1) is 0 Å². The minimum atomic E-state index is 0.885. The van der Waals surface area contributed by atoms with Crippen LogP contribution in [0.1, 0.15) is 0 Å². The Morgan fingerprint density at radius 3 is 3.17 bits per heavy atom. The fourth-order valence-electron chi connectivity index (χ4n) is 1.05. The summed E-state index contributed by atoms with van der Waals surface area (Å²) in [7, 11) is 1.67. The van der Waals surface area contributed by atoms with E-state index in [1.54, 1.807) is 24.6 Å². The highest BCUT2D eigenvalue weighted by Crippen LogP contribution is 2.34. The topological polar surface area (TPSA) is 22.1 Å². The van der Waals surface area contributed by atoms with Gasteiger partial charge in [-0.2, -0.15) is 0 Å². The van der Waals surface area contributed by atoms with E-state index < -0.39 is 0 Å². The number of nitrogens with zero attached hydrogens (tertiary/aromatic N) is 1. The highest BCUT2D eigenvalue weighted by atomic mass is 79.9. The molecule has 0 aliphatic heterocycles. The Bertz CT molecular complexity index is 412. The van der Waals surface area contributed by atoms with Gasteiger partial charge < -0.3 is 4.74 Å². The van der Waals surface area contributed by atoms with Crippen LogP contribution in [0.15, 0.2) is 22.1 Å². The molecule has 0 atom stereocenters. The standard InChI is InChI=1S/C8H6BrNOS/c1-11-6-2-3-10-5-4-7(9)12-8(5)6/h2-4H,1H3. The Balaban J connectivity index is 2.78. The van der Waals surface area contributed by atoms with Crippen LogP contribution in [0.2, 0.25) is 0 Å². The van der Waals surface area contributed by atoms with E-state index in [2.05, 4.69) is 20.9 Å². The molecule has 0 N–H and O–H groups in total. The first kappa shape index (κ1) is 8.01. The molecule has 0 radical (unpaired) electrons. The number of methoxy groups -OCH3 is 1. The summed E-state index contributed by atoms with van der Waals surface area (Å²) in [5, 5.41) is 0. The molecule has 2 rings (SSSR count). The molecular weight excluding hydrogens is 238 g/mol. The van der Waals surface area contributed by atoms with Gasteiger partial charge in [-0.3, -0.25) is 4.98 Å². The molecule has 0 aliphatic rings. The molecule has 0 fully saturated rings. The van der Waals surface area contributed by atoms with E-state index >= 15 is 0 Å². The van der Waals surface area contributed by atoms with E-state index in [0.29, 0.717) is 0 Å². The average Bonchev–Trinajstić information content (AvgIpc) is 2.44. The van der Waals surface area contributed by atoms with Crippen molar-refractivity contribution in [1.29, 1.82) is 0 Å². The lowest BCUT2D eigenvalue weighted by Gasteiger charge is -1.98. The third-order valence-electron chi connectivity index (χ3n) is 1.57. The van der Waals surface area contributed by atoms with Gasteiger partial charge >= 0.3 is 0 Å². The van der Waals surface area contributed by atoms with E-state index in [4.69, 9.17) is 4.74 Å². The number of ether oxygens (including phenoxy) is 1. The zero-order valence-corrected chi connectivity index (χ0v) is 8.78. The van der Waals surface area contributed by atoms with Crippen molar-refractivity contribution in [3.05, 3.63) is 22.1 Å². The van der Waals surface area contributed by atoms with E-state index in [0.717, 1.165) is 19.8 Å². The second-order valence-corrected chi connectivity index (χ2v) is 4.71. The second-order valence-electron chi connectivity index (χ2n) is 2.28. The molecule has 12 heavy (non-hydrogen) atoms. The van der Waals surface area contributed by atoms with Gasteiger partial charge in [0.25, 0.3) is 0 Å². The summed E-state index contributed by atoms with van der Waals surface area (Å²) in [6.45, 7) is 0. The molecule has 0 aliphatic carbocycles. The van der Waals surface area contributed by atoms with Gasteiger partial charge in [-0.05, 0) is 28.1 Å². The van der Waals surface area contributed by atoms with Crippen LogP contribution >= 0.6 is 27.3 Å². The molecule has 2 aromatic rings. The smallest absolute Gasteiger partial charge is 0.139 e. The number of rotatable bonds is 1. The zero-order valence-electron chi connectivity index (χ0n) is 6.37. The number of fused-ring (bicyclic) bond motifs is 1. The Kier molecular flexibility index (Phi) is 2.02. The molecule has 2 nitrogen and oxygen atoms in total. The van der Waals surface area contributed by atoms with Gasteiger partial charge in [0.2, 0.25) is 0 Å². The summed E-state index contributed by atoms with van der Waals surface area (Å²) in [5.74, 6) is 0.885. The predicted octanol–water partition coefficient (Wildman–Crippen LogP) is 3.07. The summed E-state index contributed by atoms with van der Waals surface area (Å²) in [6, 6.07) is 3.85. The van der Waals surface area contributed by atoms with Gasteiger partial charge in [-0.1, -0.05) is 0 Å². The van der Waals surface area contributed by atoms with Crippen LogP contribution in [0.25, 0.3) is 10.2 Å². The van der Waals surface area contributed by atoms with E-state index in [-0.39, 0.29) is 0 Å². The number of hydrogen-bond donors (Lipinski definition) is 0. The van der Waals surface area contributed by atoms with Crippen molar-refractivity contribution >= 4 is 37.5 Å². The summed E-state index contributed by atoms with van der Waals surface area (Å²) in [5.41, 5.74) is 0.978. The molecule has 62 valence electrons. The Hall–Kier alpha value is -0.610. The predicted molar refractivity (Wildman–Crippen MR) is 53.9 cm³/mol. The maximum Gasteiger partial charge on any atom is 0.139 e. The molecule has 0 aromatic carbocycles. The number of pyridine rings is 1. The Labute approximate surface area is 82.3 Å². The van der Waals surface area contributed by atoms with Crippen LogP contribution in [0.5, 0.6) is 5.75 Å². The number of halogens is 1. The Morgan fingerprint density at radius 1 is 1.58 bits per heavy atom. The summed E-state index contributed by atoms with van der Waals surface area (Å²) in [6.07, 6.45) is 1.75. The van der Waals surface area contributed by atoms with E-state index in [1.165, 1.54) is 0 Å². The third-order valence-corrected chi connectivity index (χ3v) is 3.21. The molecule has 0 amide bonds. The second kappa shape index (κ2) is 3.03. The van der Waals surface area contributed by atoms with Gasteiger partial charge in [-0.15, -0.1) is 11.3 Å². The fraction of sp³-hybridized carbons (Fsp3) is 0.125. The summed E-state index contributed by atoms with van der Waals surface area (Å²) >= 11 is 5.04. The van der Waals surface area contributed by atoms with Crippen molar-refractivity contribution in [2.24, 2.45) is 0 Å². The van der Waals surface area contributed by atoms with Gasteiger partial charge in [0.15, 0.2) is 0 Å². The van der Waals surface area contributed by atoms with Crippen molar-refractivity contribution in [2.75, 3.05) is 7.11 Å². The van der Waals surface area contributed by atoms with Crippen molar-refractivity contribution in [3.8, 4) is 5.75 Å². The van der Waals surface area contributed by atoms with Crippen LogP contribution in [0.3, 0.4) is 0 Å². The van der Waals surface area contributed by atoms with Crippen molar-refractivity contribution < 1.29 is 4.74 Å². The highest BCUT2D eigenvalue weighted by Gasteiger charge is 2.05. The molecular formula is C8H6BrNOS. The molecule has 2 heterocycles. The van der Waals surface area contributed by atoms with Gasteiger partial charge in [0.05, 0.1) is 21.1 Å². The highest BCUT2D eigenvalue weighted by molar-refractivity contribution is 9.11. The first-order valence-electron chi connectivity index (χ1n) is 3.39. The largest absolute Gasteiger partial charge is 0.495 e. The monoisotopic (exact) mass is 243 g/mol. The summed E-state index contributed by atoms with van der Waals surface area (Å²) in [4.78, 5) is 4.21. The lowest BCUT2D eigenvalue weighted by atomic mass is 10.4. The van der Waals surface area contributed by atoms with Crippen molar-refractivity contribution in [1.82, 2.24) is 4.98 Å². The van der Waals surface area contributed by atoms with Crippen LogP contribution in [-0.2, 0) is 0 Å². The van der Waals surface area contributed by atoms with Crippen LogP contribution in [0.4, 0.5) is 0 Å². The molecule has 0 unspecified atom stereocenters. The van der Waals surface area contributed by atoms with Gasteiger partial charge in [-0.25, -0.2) is 0 Å². The normalized spacial score (nSPS) is 10.5. The van der Waals surface area contributed by atoms with E-state index in [1.807, 2.05) is 12.1 Å². The first-order chi connectivity index (χ1) is 5.81. The SMILES string of the molecule is COc1ccnc2cc(Br)sc12. The third kappa shape index (κ3) is 1.21. The van der Waals surface area contributed by atoms with Crippen LogP contribution in [-0.4, -0.2) is 12.1 Å². The average molecular weight is 244 g/mol. The molecule has 0 saturated carbocycles. The van der Waals surface area contributed by atoms with Crippen molar-refractivity contribution in [2.45, 2.75) is 0 Å². The molecule has 2 aromatic heterocycles. The lowest BCUT2D eigenvalue weighted by molar-refractivity contribution is 0.420. The molecule has 0 saturated heterocycles. The van der Waals surface area contributed by atoms with Gasteiger partial charge in [0, 0.05) is 6.20 Å².